The van der Waals surface area contributed by atoms with E-state index < -0.39 is 30.4 Å². The molecule has 0 heterocycles. The maximum absolute atomic E-state index is 13.7. The number of rotatable bonds is 8. The maximum atomic E-state index is 13.7. The van der Waals surface area contributed by atoms with Crippen molar-refractivity contribution in [3.8, 4) is 0 Å². The Morgan fingerprint density at radius 3 is 2.74 bits per heavy atom. The van der Waals surface area contributed by atoms with Crippen molar-refractivity contribution >= 4 is 23.5 Å². The van der Waals surface area contributed by atoms with Gasteiger partial charge >= 0.3 is 5.97 Å². The van der Waals surface area contributed by atoms with Gasteiger partial charge in [-0.05, 0) is 18.6 Å². The number of nitrogens with zero attached hydrogens (tertiary/aromatic N) is 1. The van der Waals surface area contributed by atoms with Crippen molar-refractivity contribution in [3.05, 3.63) is 34.6 Å². The topological polar surface area (TPSA) is 66.8 Å². The Kier molecular flexibility index (Phi) is 7.98. The molecule has 0 saturated carbocycles. The lowest BCUT2D eigenvalue weighted by Crippen LogP contribution is -2.31. The third-order valence-corrected chi connectivity index (χ3v) is 3.62. The van der Waals surface area contributed by atoms with Gasteiger partial charge in [-0.25, -0.2) is 4.39 Å². The molecule has 0 spiro atoms. The number of ether oxygens (including phenoxy) is 1. The molecule has 5 nitrogen and oxygen atoms in total. The minimum absolute atomic E-state index is 0.0274. The van der Waals surface area contributed by atoms with Crippen molar-refractivity contribution in [2.75, 3.05) is 13.7 Å². The number of carbonyl (C=O) groups excluding carboxylic acids is 2. The highest BCUT2D eigenvalue weighted by atomic mass is 35.5. The molecule has 1 rings (SSSR count). The molecule has 7 heteroatoms. The fraction of sp³-hybridized carbons (Fsp3) is 0.500. The minimum Gasteiger partial charge on any atom is -0.455 e. The smallest absolute Gasteiger partial charge is 0.308 e. The number of halogens is 2. The molecule has 0 unspecified atom stereocenters. The van der Waals surface area contributed by atoms with E-state index in [2.05, 4.69) is 0 Å². The molecule has 0 bridgehead atoms. The molecule has 1 amide bonds. The Morgan fingerprint density at radius 1 is 1.43 bits per heavy atom. The summed E-state index contributed by atoms with van der Waals surface area (Å²) in [5, 5.41) is 9.72. The van der Waals surface area contributed by atoms with E-state index in [1.807, 2.05) is 6.92 Å². The predicted molar refractivity (Wildman–Crippen MR) is 84.4 cm³/mol. The van der Waals surface area contributed by atoms with Crippen molar-refractivity contribution < 1.29 is 23.8 Å². The lowest BCUT2D eigenvalue weighted by atomic mass is 10.1. The molecule has 0 aromatic heterocycles. The molecule has 1 aromatic rings. The van der Waals surface area contributed by atoms with Crippen molar-refractivity contribution in [3.63, 3.8) is 0 Å². The van der Waals surface area contributed by atoms with Crippen molar-refractivity contribution in [2.24, 2.45) is 0 Å². The third kappa shape index (κ3) is 6.54. The molecule has 0 aliphatic rings. The zero-order chi connectivity index (χ0) is 17.4. The van der Waals surface area contributed by atoms with Crippen LogP contribution in [0, 0.1) is 5.82 Å². The van der Waals surface area contributed by atoms with Crippen LogP contribution in [0.5, 0.6) is 0 Å². The van der Waals surface area contributed by atoms with Crippen LogP contribution in [0.1, 0.15) is 31.7 Å². The molecule has 23 heavy (non-hydrogen) atoms. The molecular weight excluding hydrogens is 325 g/mol. The standard InChI is InChI=1S/C16H21ClFNO4/c1-3-5-11(20)8-16(22)23-10-15(21)19(2)9-12-13(17)6-4-7-14(12)18/h4,6-7,11,20H,3,5,8-10H2,1-2H3/t11-/m0/s1. The molecule has 1 atom stereocenters. The zero-order valence-electron chi connectivity index (χ0n) is 13.2. The molecule has 0 aliphatic heterocycles. The SMILES string of the molecule is CCC[C@H](O)CC(=O)OCC(=O)N(C)Cc1c(F)cccc1Cl. The van der Waals surface area contributed by atoms with Crippen molar-refractivity contribution in [1.29, 1.82) is 0 Å². The van der Waals surface area contributed by atoms with Crippen LogP contribution >= 0.6 is 11.6 Å². The maximum Gasteiger partial charge on any atom is 0.308 e. The number of benzene rings is 1. The molecule has 0 aliphatic carbocycles. The fourth-order valence-electron chi connectivity index (χ4n) is 1.95. The Bertz CT molecular complexity index is 533. The molecule has 0 radical (unpaired) electrons. The van der Waals surface area contributed by atoms with Crippen LogP contribution in [0.3, 0.4) is 0 Å². The number of carbonyl (C=O) groups is 2. The third-order valence-electron chi connectivity index (χ3n) is 3.26. The van der Waals surface area contributed by atoms with E-state index in [9.17, 15) is 19.1 Å². The largest absolute Gasteiger partial charge is 0.455 e. The van der Waals surface area contributed by atoms with Crippen LogP contribution in [0.15, 0.2) is 18.2 Å². The summed E-state index contributed by atoms with van der Waals surface area (Å²) in [7, 11) is 1.46. The van der Waals surface area contributed by atoms with Gasteiger partial charge in [0.05, 0.1) is 12.5 Å². The number of likely N-dealkylation sites (N-methyl/N-ethyl adjacent to an activating group) is 1. The summed E-state index contributed by atoms with van der Waals surface area (Å²) in [6.45, 7) is 1.40. The molecule has 0 saturated heterocycles. The fourth-order valence-corrected chi connectivity index (χ4v) is 2.17. The summed E-state index contributed by atoms with van der Waals surface area (Å²) >= 11 is 5.90. The number of aliphatic hydroxyl groups is 1. The van der Waals surface area contributed by atoms with E-state index in [1.165, 1.54) is 30.1 Å². The van der Waals surface area contributed by atoms with Gasteiger partial charge in [-0.15, -0.1) is 0 Å². The summed E-state index contributed by atoms with van der Waals surface area (Å²) in [4.78, 5) is 24.6. The second kappa shape index (κ2) is 9.47. The number of hydrogen-bond donors (Lipinski definition) is 1. The number of aliphatic hydroxyl groups excluding tert-OH is 1. The molecule has 0 fully saturated rings. The quantitative estimate of drug-likeness (QED) is 0.735. The first-order chi connectivity index (χ1) is 10.8. The first-order valence-corrected chi connectivity index (χ1v) is 7.73. The summed E-state index contributed by atoms with van der Waals surface area (Å²) in [6, 6.07) is 4.27. The van der Waals surface area contributed by atoms with E-state index in [0.29, 0.717) is 6.42 Å². The Morgan fingerprint density at radius 2 is 2.13 bits per heavy atom. The molecular formula is C16H21ClFNO4. The monoisotopic (exact) mass is 345 g/mol. The second-order valence-corrected chi connectivity index (χ2v) is 5.66. The summed E-state index contributed by atoms with van der Waals surface area (Å²) in [6.07, 6.45) is 0.329. The van der Waals surface area contributed by atoms with Gasteiger partial charge in [0.25, 0.3) is 5.91 Å². The van der Waals surface area contributed by atoms with E-state index in [-0.39, 0.29) is 23.6 Å². The summed E-state index contributed by atoms with van der Waals surface area (Å²) in [5.41, 5.74) is 0.203. The van der Waals surface area contributed by atoms with Gasteiger partial charge < -0.3 is 14.7 Å². The lowest BCUT2D eigenvalue weighted by molar-refractivity contribution is -0.153. The van der Waals surface area contributed by atoms with Gasteiger partial charge in [-0.3, -0.25) is 9.59 Å². The van der Waals surface area contributed by atoms with E-state index >= 15 is 0 Å². The van der Waals surface area contributed by atoms with E-state index in [0.717, 1.165) is 6.42 Å². The van der Waals surface area contributed by atoms with Gasteiger partial charge in [-0.1, -0.05) is 31.0 Å². The van der Waals surface area contributed by atoms with Crippen LogP contribution in [0.25, 0.3) is 0 Å². The predicted octanol–water partition coefficient (Wildman–Crippen LogP) is 2.53. The molecule has 1 aromatic carbocycles. The van der Waals surface area contributed by atoms with Crippen molar-refractivity contribution in [2.45, 2.75) is 38.8 Å². The second-order valence-electron chi connectivity index (χ2n) is 5.26. The Balaban J connectivity index is 2.47. The van der Waals surface area contributed by atoms with Gasteiger partial charge in [-0.2, -0.15) is 0 Å². The number of hydrogen-bond acceptors (Lipinski definition) is 4. The van der Waals surface area contributed by atoms with Crippen LogP contribution in [0.4, 0.5) is 4.39 Å². The first-order valence-electron chi connectivity index (χ1n) is 7.35. The highest BCUT2D eigenvalue weighted by Gasteiger charge is 2.17. The molecule has 1 N–H and O–H groups in total. The number of amides is 1. The Labute approximate surface area is 140 Å². The van der Waals surface area contributed by atoms with E-state index in [1.54, 1.807) is 0 Å². The Hall–Kier alpha value is -1.66. The van der Waals surface area contributed by atoms with Crippen molar-refractivity contribution in [1.82, 2.24) is 4.90 Å². The highest BCUT2D eigenvalue weighted by molar-refractivity contribution is 6.31. The minimum atomic E-state index is -0.766. The highest BCUT2D eigenvalue weighted by Crippen LogP contribution is 2.20. The van der Waals surface area contributed by atoms with Crippen LogP contribution < -0.4 is 0 Å². The van der Waals surface area contributed by atoms with Crippen LogP contribution in [-0.2, 0) is 20.9 Å². The lowest BCUT2D eigenvalue weighted by Gasteiger charge is -2.18. The number of esters is 1. The van der Waals surface area contributed by atoms with Gasteiger partial charge in [0, 0.05) is 24.2 Å². The first kappa shape index (κ1) is 19.4. The van der Waals surface area contributed by atoms with Crippen LogP contribution in [0.2, 0.25) is 5.02 Å². The zero-order valence-corrected chi connectivity index (χ0v) is 14.0. The molecule has 128 valence electrons. The van der Waals surface area contributed by atoms with Gasteiger partial charge in [0.15, 0.2) is 6.61 Å². The van der Waals surface area contributed by atoms with E-state index in [4.69, 9.17) is 16.3 Å². The normalized spacial score (nSPS) is 11.9. The van der Waals surface area contributed by atoms with Gasteiger partial charge in [0.1, 0.15) is 5.82 Å². The van der Waals surface area contributed by atoms with Crippen LogP contribution in [-0.4, -0.2) is 41.6 Å². The summed E-state index contributed by atoms with van der Waals surface area (Å²) in [5.74, 6) is -1.63. The van der Waals surface area contributed by atoms with Gasteiger partial charge in [0.2, 0.25) is 0 Å². The average Bonchev–Trinajstić information content (AvgIpc) is 2.48. The average molecular weight is 346 g/mol. The summed E-state index contributed by atoms with van der Waals surface area (Å²) < 4.78 is 18.5.